The number of benzene rings is 2. The number of aldehydes is 1. The second-order valence-electron chi connectivity index (χ2n) is 5.95. The van der Waals surface area contributed by atoms with Gasteiger partial charge in [-0.1, -0.05) is 23.5 Å². The van der Waals surface area contributed by atoms with Crippen molar-refractivity contribution < 1.29 is 27.5 Å². The van der Waals surface area contributed by atoms with Crippen LogP contribution in [-0.4, -0.2) is 37.0 Å². The molecule has 0 fully saturated rings. The number of hydrogen-bond donors (Lipinski definition) is 3. The van der Waals surface area contributed by atoms with Gasteiger partial charge < -0.3 is 5.11 Å². The normalized spacial score (nSPS) is 11.1. The number of aromatic nitrogens is 1. The fourth-order valence-electron chi connectivity index (χ4n) is 2.39. The Hall–Kier alpha value is -3.31. The lowest BCUT2D eigenvalue weighted by molar-refractivity contribution is 0.102. The van der Waals surface area contributed by atoms with E-state index in [0.29, 0.717) is 10.6 Å². The molecule has 0 spiro atoms. The van der Waals surface area contributed by atoms with Crippen molar-refractivity contribution in [3.63, 3.8) is 0 Å². The van der Waals surface area contributed by atoms with E-state index < -0.39 is 27.5 Å². The molecule has 0 radical (unpaired) electrons. The average molecular weight is 435 g/mol. The average Bonchev–Trinajstić information content (AvgIpc) is 3.11. The van der Waals surface area contributed by atoms with Crippen molar-refractivity contribution in [2.45, 2.75) is 0 Å². The lowest BCUT2D eigenvalue weighted by atomic mass is 10.1. The topological polar surface area (TPSA) is 125 Å². The highest BCUT2D eigenvalue weighted by Gasteiger charge is 2.16. The first-order valence-electron chi connectivity index (χ1n) is 7.99. The highest BCUT2D eigenvalue weighted by Crippen LogP contribution is 2.30. The van der Waals surface area contributed by atoms with E-state index in [4.69, 9.17) is 0 Å². The SMILES string of the molecule is CS(=O)(=O)Nc1ccc(-c2cnc(NC(=O)c3cc(F)c(O)c(C=O)c3)s2)cc1. The molecular weight excluding hydrogens is 421 g/mol. The predicted octanol–water partition coefficient (Wildman–Crippen LogP) is 3.09. The fourth-order valence-corrected chi connectivity index (χ4v) is 3.77. The predicted molar refractivity (Wildman–Crippen MR) is 107 cm³/mol. The number of aromatic hydroxyl groups is 1. The van der Waals surface area contributed by atoms with E-state index in [1.165, 1.54) is 6.20 Å². The molecule has 1 amide bonds. The van der Waals surface area contributed by atoms with Crippen LogP contribution in [-0.2, 0) is 10.0 Å². The molecule has 150 valence electrons. The number of amides is 1. The lowest BCUT2D eigenvalue weighted by Gasteiger charge is -2.05. The van der Waals surface area contributed by atoms with Gasteiger partial charge in [0.2, 0.25) is 10.0 Å². The number of carbonyl (C=O) groups is 2. The quantitative estimate of drug-likeness (QED) is 0.511. The summed E-state index contributed by atoms with van der Waals surface area (Å²) in [6, 6.07) is 8.46. The third-order valence-electron chi connectivity index (χ3n) is 3.68. The van der Waals surface area contributed by atoms with E-state index in [-0.39, 0.29) is 22.5 Å². The van der Waals surface area contributed by atoms with E-state index in [1.807, 2.05) is 0 Å². The third kappa shape index (κ3) is 4.95. The molecule has 3 aromatic rings. The van der Waals surface area contributed by atoms with Gasteiger partial charge in [0.15, 0.2) is 23.0 Å². The van der Waals surface area contributed by atoms with Gasteiger partial charge in [0.1, 0.15) is 0 Å². The molecule has 0 aliphatic heterocycles. The van der Waals surface area contributed by atoms with Gasteiger partial charge in [0.05, 0.1) is 16.7 Å². The molecule has 3 N–H and O–H groups in total. The van der Waals surface area contributed by atoms with Crippen molar-refractivity contribution in [2.24, 2.45) is 0 Å². The molecule has 3 rings (SSSR count). The van der Waals surface area contributed by atoms with Crippen molar-refractivity contribution in [3.05, 3.63) is 59.5 Å². The Balaban J connectivity index is 1.76. The first kappa shape index (κ1) is 20.4. The number of rotatable bonds is 6. The summed E-state index contributed by atoms with van der Waals surface area (Å²) in [6.07, 6.45) is 2.82. The van der Waals surface area contributed by atoms with Crippen molar-refractivity contribution >= 4 is 44.4 Å². The Bertz CT molecular complexity index is 1190. The molecule has 0 saturated heterocycles. The smallest absolute Gasteiger partial charge is 0.257 e. The molecule has 0 aliphatic carbocycles. The van der Waals surface area contributed by atoms with Gasteiger partial charge in [-0.15, -0.1) is 0 Å². The van der Waals surface area contributed by atoms with Gasteiger partial charge in [-0.2, -0.15) is 0 Å². The van der Waals surface area contributed by atoms with Gasteiger partial charge in [-0.3, -0.25) is 19.6 Å². The van der Waals surface area contributed by atoms with Crippen molar-refractivity contribution in [1.82, 2.24) is 4.98 Å². The van der Waals surface area contributed by atoms with Crippen LogP contribution in [0.2, 0.25) is 0 Å². The summed E-state index contributed by atoms with van der Waals surface area (Å²) in [4.78, 5) is 28.0. The van der Waals surface area contributed by atoms with Crippen LogP contribution in [0.3, 0.4) is 0 Å². The summed E-state index contributed by atoms with van der Waals surface area (Å²) in [5, 5.41) is 12.2. The molecule has 0 atom stereocenters. The molecule has 11 heteroatoms. The van der Waals surface area contributed by atoms with Crippen LogP contribution < -0.4 is 10.0 Å². The van der Waals surface area contributed by atoms with E-state index in [9.17, 15) is 27.5 Å². The van der Waals surface area contributed by atoms with E-state index >= 15 is 0 Å². The zero-order chi connectivity index (χ0) is 21.2. The Morgan fingerprint density at radius 2 is 1.93 bits per heavy atom. The number of halogens is 1. The molecule has 29 heavy (non-hydrogen) atoms. The number of phenolic OH excluding ortho intramolecular Hbond substituents is 1. The van der Waals surface area contributed by atoms with Gasteiger partial charge in [0, 0.05) is 17.4 Å². The lowest BCUT2D eigenvalue weighted by Crippen LogP contribution is -2.12. The summed E-state index contributed by atoms with van der Waals surface area (Å²) >= 11 is 1.15. The second-order valence-corrected chi connectivity index (χ2v) is 8.73. The minimum absolute atomic E-state index is 0.143. The van der Waals surface area contributed by atoms with E-state index in [1.54, 1.807) is 24.3 Å². The number of carbonyl (C=O) groups excluding carboxylic acids is 2. The first-order valence-corrected chi connectivity index (χ1v) is 10.7. The number of nitrogens with one attached hydrogen (secondary N) is 2. The summed E-state index contributed by atoms with van der Waals surface area (Å²) in [6.45, 7) is 0. The molecule has 0 saturated carbocycles. The van der Waals surface area contributed by atoms with Gasteiger partial charge >= 0.3 is 0 Å². The Kier molecular flexibility index (Phi) is 5.62. The Labute approximate surface area is 169 Å². The number of phenols is 1. The zero-order valence-corrected chi connectivity index (χ0v) is 16.5. The zero-order valence-electron chi connectivity index (χ0n) is 14.8. The van der Waals surface area contributed by atoms with Gasteiger partial charge in [-0.05, 0) is 29.8 Å². The monoisotopic (exact) mass is 435 g/mol. The summed E-state index contributed by atoms with van der Waals surface area (Å²) in [5.41, 5.74) is 0.684. The largest absolute Gasteiger partial charge is 0.504 e. The number of thiazole rings is 1. The number of anilines is 2. The Morgan fingerprint density at radius 3 is 2.55 bits per heavy atom. The van der Waals surface area contributed by atoms with Crippen LogP contribution in [0.25, 0.3) is 10.4 Å². The highest BCUT2D eigenvalue weighted by molar-refractivity contribution is 7.92. The maximum Gasteiger partial charge on any atom is 0.257 e. The highest BCUT2D eigenvalue weighted by atomic mass is 32.2. The number of sulfonamides is 1. The molecule has 0 bridgehead atoms. The molecular formula is C18H14FN3O5S2. The first-order chi connectivity index (χ1) is 13.7. The third-order valence-corrected chi connectivity index (χ3v) is 5.25. The van der Waals surface area contributed by atoms with Crippen LogP contribution >= 0.6 is 11.3 Å². The summed E-state index contributed by atoms with van der Waals surface area (Å²) < 4.78 is 38.5. The van der Waals surface area contributed by atoms with E-state index in [0.717, 1.165) is 35.3 Å². The maximum absolute atomic E-state index is 13.6. The number of nitrogens with zero attached hydrogens (tertiary/aromatic N) is 1. The second kappa shape index (κ2) is 7.97. The standard InChI is InChI=1S/C18H14FN3O5S2/c1-29(26,27)22-13-4-2-10(3-5-13)15-8-20-18(28-15)21-17(25)11-6-12(9-23)16(24)14(19)7-11/h2-9,22,24H,1H3,(H,20,21,25). The van der Waals surface area contributed by atoms with Gasteiger partial charge in [-0.25, -0.2) is 17.8 Å². The van der Waals surface area contributed by atoms with Crippen LogP contribution in [0.1, 0.15) is 20.7 Å². The van der Waals surface area contributed by atoms with Crippen molar-refractivity contribution in [1.29, 1.82) is 0 Å². The van der Waals surface area contributed by atoms with Crippen molar-refractivity contribution in [2.75, 3.05) is 16.3 Å². The molecule has 2 aromatic carbocycles. The van der Waals surface area contributed by atoms with Gasteiger partial charge in [0.25, 0.3) is 5.91 Å². The molecule has 0 aliphatic rings. The molecule has 0 unspecified atom stereocenters. The van der Waals surface area contributed by atoms with Crippen LogP contribution in [0.5, 0.6) is 5.75 Å². The Morgan fingerprint density at radius 1 is 1.24 bits per heavy atom. The molecule has 1 heterocycles. The van der Waals surface area contributed by atoms with Crippen LogP contribution in [0.15, 0.2) is 42.6 Å². The van der Waals surface area contributed by atoms with Crippen molar-refractivity contribution in [3.8, 4) is 16.2 Å². The minimum atomic E-state index is -3.37. The van der Waals surface area contributed by atoms with E-state index in [2.05, 4.69) is 15.0 Å². The number of hydrogen-bond acceptors (Lipinski definition) is 7. The summed E-state index contributed by atoms with van der Waals surface area (Å²) in [7, 11) is -3.37. The van der Waals surface area contributed by atoms with Crippen LogP contribution in [0.4, 0.5) is 15.2 Å². The fraction of sp³-hybridized carbons (Fsp3) is 0.0556. The van der Waals surface area contributed by atoms with Crippen LogP contribution in [0, 0.1) is 5.82 Å². The molecule has 1 aromatic heterocycles. The maximum atomic E-state index is 13.6. The minimum Gasteiger partial charge on any atom is -0.504 e. The molecule has 8 nitrogen and oxygen atoms in total. The summed E-state index contributed by atoms with van der Waals surface area (Å²) in [5.74, 6) is -2.59.